The lowest BCUT2D eigenvalue weighted by Gasteiger charge is -2.09. The molecule has 4 aromatic rings. The molecular weight excluding hydrogens is 391 g/mol. The molecule has 2 aromatic carbocycles. The van der Waals surface area contributed by atoms with Crippen molar-refractivity contribution >= 4 is 22.8 Å². The number of imidazole rings is 1. The first-order valence-corrected chi connectivity index (χ1v) is 10.6. The van der Waals surface area contributed by atoms with Gasteiger partial charge >= 0.3 is 0 Å². The second kappa shape index (κ2) is 9.51. The van der Waals surface area contributed by atoms with Crippen LogP contribution >= 0.6 is 0 Å². The summed E-state index contributed by atoms with van der Waals surface area (Å²) in [5.41, 5.74) is 4.64. The van der Waals surface area contributed by atoms with E-state index < -0.39 is 0 Å². The summed E-state index contributed by atoms with van der Waals surface area (Å²) in [6, 6.07) is 18.2. The molecule has 2 heterocycles. The Morgan fingerprint density at radius 1 is 1.03 bits per heavy atom. The molecule has 0 saturated carbocycles. The largest absolute Gasteiger partial charge is 0.326 e. The van der Waals surface area contributed by atoms with E-state index in [1.54, 1.807) is 18.3 Å². The Morgan fingerprint density at radius 3 is 2.52 bits per heavy atom. The summed E-state index contributed by atoms with van der Waals surface area (Å²) < 4.78 is 15.3. The van der Waals surface area contributed by atoms with Crippen LogP contribution in [0.25, 0.3) is 11.2 Å². The Bertz CT molecular complexity index is 1170. The van der Waals surface area contributed by atoms with Gasteiger partial charge in [-0.1, -0.05) is 31.2 Å². The van der Waals surface area contributed by atoms with Crippen LogP contribution in [0.5, 0.6) is 0 Å². The minimum Gasteiger partial charge on any atom is -0.326 e. The van der Waals surface area contributed by atoms with E-state index in [9.17, 15) is 9.18 Å². The first-order chi connectivity index (χ1) is 15.1. The van der Waals surface area contributed by atoms with Crippen LogP contribution in [-0.4, -0.2) is 20.4 Å². The maximum absolute atomic E-state index is 13.3. The van der Waals surface area contributed by atoms with Crippen LogP contribution in [0.3, 0.4) is 0 Å². The number of hydrogen-bond donors (Lipinski definition) is 1. The van der Waals surface area contributed by atoms with Gasteiger partial charge in [-0.3, -0.25) is 4.79 Å². The molecule has 1 N–H and O–H groups in total. The highest BCUT2D eigenvalue weighted by Crippen LogP contribution is 2.18. The first kappa shape index (κ1) is 20.7. The van der Waals surface area contributed by atoms with Crippen molar-refractivity contribution in [3.05, 3.63) is 89.6 Å². The summed E-state index contributed by atoms with van der Waals surface area (Å²) in [7, 11) is 0. The number of anilines is 1. The number of aromatic nitrogens is 3. The monoisotopic (exact) mass is 416 g/mol. The number of carbonyl (C=O) groups excluding carboxylic acids is 1. The number of nitrogens with one attached hydrogen (secondary N) is 1. The maximum Gasteiger partial charge on any atom is 0.224 e. The number of fused-ring (bicyclic) bond motifs is 1. The first-order valence-electron chi connectivity index (χ1n) is 10.6. The lowest BCUT2D eigenvalue weighted by molar-refractivity contribution is -0.116. The van der Waals surface area contributed by atoms with Gasteiger partial charge in [0.05, 0.1) is 6.54 Å². The fourth-order valence-electron chi connectivity index (χ4n) is 3.59. The van der Waals surface area contributed by atoms with Gasteiger partial charge in [-0.2, -0.15) is 0 Å². The molecule has 0 aliphatic rings. The van der Waals surface area contributed by atoms with E-state index in [-0.39, 0.29) is 11.7 Å². The number of benzene rings is 2. The number of rotatable bonds is 8. The van der Waals surface area contributed by atoms with Crippen molar-refractivity contribution in [2.75, 3.05) is 5.32 Å². The highest BCUT2D eigenvalue weighted by Gasteiger charge is 2.13. The average Bonchev–Trinajstić information content (AvgIpc) is 3.13. The van der Waals surface area contributed by atoms with Crippen LogP contribution in [0.2, 0.25) is 0 Å². The van der Waals surface area contributed by atoms with E-state index in [0.29, 0.717) is 25.8 Å². The van der Waals surface area contributed by atoms with Crippen molar-refractivity contribution in [1.29, 1.82) is 0 Å². The van der Waals surface area contributed by atoms with Gasteiger partial charge < -0.3 is 9.88 Å². The Kier molecular flexibility index (Phi) is 6.36. The maximum atomic E-state index is 13.3. The third-order valence-electron chi connectivity index (χ3n) is 5.29. The lowest BCUT2D eigenvalue weighted by atomic mass is 10.1. The Hall–Kier alpha value is -3.54. The second-order valence-electron chi connectivity index (χ2n) is 7.54. The number of nitrogens with zero attached hydrogens (tertiary/aromatic N) is 3. The molecule has 1 amide bonds. The Labute approximate surface area is 181 Å². The molecule has 0 unspecified atom stereocenters. The van der Waals surface area contributed by atoms with E-state index in [2.05, 4.69) is 17.2 Å². The smallest absolute Gasteiger partial charge is 0.224 e. The fourth-order valence-corrected chi connectivity index (χ4v) is 3.59. The van der Waals surface area contributed by atoms with Crippen molar-refractivity contribution < 1.29 is 9.18 Å². The molecule has 2 aromatic heterocycles. The zero-order chi connectivity index (χ0) is 21.6. The van der Waals surface area contributed by atoms with Crippen LogP contribution in [0.1, 0.15) is 36.7 Å². The zero-order valence-electron chi connectivity index (χ0n) is 17.5. The summed E-state index contributed by atoms with van der Waals surface area (Å²) in [5.74, 6) is 0.606. The highest BCUT2D eigenvalue weighted by atomic mass is 19.1. The highest BCUT2D eigenvalue weighted by molar-refractivity contribution is 5.90. The van der Waals surface area contributed by atoms with E-state index in [1.165, 1.54) is 17.7 Å². The number of halogens is 1. The summed E-state index contributed by atoms with van der Waals surface area (Å²) in [6.45, 7) is 2.66. The molecule has 0 aliphatic heterocycles. The van der Waals surface area contributed by atoms with Gasteiger partial charge in [-0.25, -0.2) is 14.4 Å². The van der Waals surface area contributed by atoms with Crippen LogP contribution in [0, 0.1) is 5.82 Å². The minimum absolute atomic E-state index is 0.0106. The fraction of sp³-hybridized carbons (Fsp3) is 0.240. The molecule has 0 atom stereocenters. The summed E-state index contributed by atoms with van der Waals surface area (Å²) in [5, 5.41) is 2.95. The Balaban J connectivity index is 1.42. The van der Waals surface area contributed by atoms with Gasteiger partial charge in [0.1, 0.15) is 17.2 Å². The number of carbonyl (C=O) groups is 1. The normalized spacial score (nSPS) is 11.0. The molecule has 4 rings (SSSR count). The summed E-state index contributed by atoms with van der Waals surface area (Å²) in [6.07, 6.45) is 4.45. The van der Waals surface area contributed by atoms with Gasteiger partial charge in [-0.15, -0.1) is 0 Å². The molecule has 5 nitrogen and oxygen atoms in total. The molecule has 0 fully saturated rings. The molecule has 0 saturated heterocycles. The summed E-state index contributed by atoms with van der Waals surface area (Å²) in [4.78, 5) is 21.5. The molecule has 158 valence electrons. The lowest BCUT2D eigenvalue weighted by Crippen LogP contribution is -2.12. The zero-order valence-corrected chi connectivity index (χ0v) is 17.5. The average molecular weight is 417 g/mol. The van der Waals surface area contributed by atoms with Crippen molar-refractivity contribution in [3.8, 4) is 0 Å². The number of amides is 1. The minimum atomic E-state index is -0.257. The molecule has 0 bridgehead atoms. The molecule has 6 heteroatoms. The van der Waals surface area contributed by atoms with Crippen molar-refractivity contribution in [2.24, 2.45) is 0 Å². The van der Waals surface area contributed by atoms with Crippen LogP contribution in [0.15, 0.2) is 66.9 Å². The predicted molar refractivity (Wildman–Crippen MR) is 120 cm³/mol. The van der Waals surface area contributed by atoms with Gasteiger partial charge in [0.15, 0.2) is 5.65 Å². The number of aryl methyl sites for hydroxylation is 2. The standard InChI is InChI=1S/C25H25FN4O/c1-2-18-10-14-21(15-11-18)28-24(31)7-3-6-23-29-22-5-4-16-27-25(22)30(23)17-19-8-12-20(26)13-9-19/h4-5,8-16H,2-3,6-7,17H2,1H3,(H,28,31). The second-order valence-corrected chi connectivity index (χ2v) is 7.54. The number of pyridine rings is 1. The number of hydrogen-bond acceptors (Lipinski definition) is 3. The molecular formula is C25H25FN4O. The van der Waals surface area contributed by atoms with Crippen LogP contribution in [0.4, 0.5) is 10.1 Å². The molecule has 0 aliphatic carbocycles. The van der Waals surface area contributed by atoms with E-state index >= 15 is 0 Å². The van der Waals surface area contributed by atoms with Crippen LogP contribution < -0.4 is 5.32 Å². The molecule has 0 radical (unpaired) electrons. The van der Waals surface area contributed by atoms with Gasteiger partial charge in [0.2, 0.25) is 5.91 Å². The molecule has 0 spiro atoms. The molecule has 31 heavy (non-hydrogen) atoms. The van der Waals surface area contributed by atoms with Gasteiger partial charge in [0.25, 0.3) is 0 Å². The van der Waals surface area contributed by atoms with Crippen molar-refractivity contribution in [2.45, 2.75) is 39.2 Å². The third kappa shape index (κ3) is 5.15. The third-order valence-corrected chi connectivity index (χ3v) is 5.29. The van der Waals surface area contributed by atoms with Gasteiger partial charge in [-0.05, 0) is 60.4 Å². The van der Waals surface area contributed by atoms with E-state index in [0.717, 1.165) is 34.7 Å². The van der Waals surface area contributed by atoms with E-state index in [4.69, 9.17) is 4.98 Å². The quantitative estimate of drug-likeness (QED) is 0.433. The summed E-state index contributed by atoms with van der Waals surface area (Å²) >= 11 is 0. The topological polar surface area (TPSA) is 59.8 Å². The Morgan fingerprint density at radius 2 is 1.77 bits per heavy atom. The van der Waals surface area contributed by atoms with E-state index in [1.807, 2.05) is 41.0 Å². The van der Waals surface area contributed by atoms with Crippen LogP contribution in [-0.2, 0) is 24.2 Å². The van der Waals surface area contributed by atoms with Crippen molar-refractivity contribution in [3.63, 3.8) is 0 Å². The van der Waals surface area contributed by atoms with Gasteiger partial charge in [0, 0.05) is 24.7 Å². The van der Waals surface area contributed by atoms with Crippen molar-refractivity contribution in [1.82, 2.24) is 14.5 Å². The SMILES string of the molecule is CCc1ccc(NC(=O)CCCc2nc3cccnc3n2Cc2ccc(F)cc2)cc1. The predicted octanol–water partition coefficient (Wildman–Crippen LogP) is 5.14.